The van der Waals surface area contributed by atoms with Crippen LogP contribution in [0.15, 0.2) is 54.6 Å². The Hall–Kier alpha value is -3.08. The van der Waals surface area contributed by atoms with Crippen LogP contribution in [0.1, 0.15) is 57.1 Å². The number of carboxylic acid groups (broad SMARTS) is 1. The second-order valence-corrected chi connectivity index (χ2v) is 6.88. The van der Waals surface area contributed by atoms with E-state index in [0.29, 0.717) is 18.1 Å². The second kappa shape index (κ2) is 6.91. The molecule has 0 saturated heterocycles. The van der Waals surface area contributed by atoms with Gasteiger partial charge in [0.15, 0.2) is 0 Å². The van der Waals surface area contributed by atoms with Crippen molar-refractivity contribution in [3.63, 3.8) is 0 Å². The molecule has 2 aromatic rings. The van der Waals surface area contributed by atoms with Crippen LogP contribution in [0.5, 0.6) is 0 Å². The number of carboxylic acids is 1. The molecule has 27 heavy (non-hydrogen) atoms. The number of para-hydroxylation sites is 1. The monoisotopic (exact) mass is 362 g/mol. The van der Waals surface area contributed by atoms with Crippen LogP contribution in [0.4, 0.5) is 5.69 Å². The summed E-state index contributed by atoms with van der Waals surface area (Å²) in [5.74, 6) is -1.01. The SMILES string of the molecule is CCOC(=O)c1cccc2c1N[C@H](c1ccc(C(=O)[O-])cc1)[C@H]1CC=C[C@H]21. The minimum atomic E-state index is -1.19. The van der Waals surface area contributed by atoms with Crippen LogP contribution >= 0.6 is 0 Å². The van der Waals surface area contributed by atoms with E-state index >= 15 is 0 Å². The highest BCUT2D eigenvalue weighted by atomic mass is 16.5. The molecular weight excluding hydrogens is 342 g/mol. The standard InChI is InChI=1S/C22H21NO4/c1-2-27-22(26)18-8-4-7-17-15-5-3-6-16(15)19(23-20(17)18)13-9-11-14(12-10-13)21(24)25/h3-5,7-12,15-16,19,23H,2,6H2,1H3,(H,24,25)/p-1/t15-,16-,19+/m0/s1. The molecule has 1 aliphatic heterocycles. The van der Waals surface area contributed by atoms with Gasteiger partial charge in [0.25, 0.3) is 0 Å². The van der Waals surface area contributed by atoms with Gasteiger partial charge in [0.05, 0.1) is 29.9 Å². The van der Waals surface area contributed by atoms with Gasteiger partial charge in [-0.25, -0.2) is 4.79 Å². The molecule has 4 rings (SSSR count). The van der Waals surface area contributed by atoms with Crippen LogP contribution in [0.2, 0.25) is 0 Å². The van der Waals surface area contributed by atoms with Gasteiger partial charge in [-0.1, -0.05) is 48.6 Å². The van der Waals surface area contributed by atoms with Crippen LogP contribution < -0.4 is 10.4 Å². The van der Waals surface area contributed by atoms with Gasteiger partial charge < -0.3 is 20.0 Å². The Morgan fingerprint density at radius 3 is 2.67 bits per heavy atom. The van der Waals surface area contributed by atoms with Gasteiger partial charge in [0.2, 0.25) is 0 Å². The van der Waals surface area contributed by atoms with Crippen LogP contribution in [0.3, 0.4) is 0 Å². The lowest BCUT2D eigenvalue weighted by molar-refractivity contribution is -0.255. The van der Waals surface area contributed by atoms with E-state index in [1.54, 1.807) is 25.1 Å². The maximum atomic E-state index is 12.4. The number of rotatable bonds is 4. The van der Waals surface area contributed by atoms with Crippen molar-refractivity contribution in [2.24, 2.45) is 5.92 Å². The molecular formula is C22H20NO4-. The van der Waals surface area contributed by atoms with E-state index in [9.17, 15) is 14.7 Å². The zero-order valence-corrected chi connectivity index (χ0v) is 15.0. The molecule has 1 aliphatic carbocycles. The average Bonchev–Trinajstić information content (AvgIpc) is 3.17. The van der Waals surface area contributed by atoms with Gasteiger partial charge in [-0.2, -0.15) is 0 Å². The van der Waals surface area contributed by atoms with Crippen molar-refractivity contribution in [2.75, 3.05) is 11.9 Å². The predicted molar refractivity (Wildman–Crippen MR) is 99.5 cm³/mol. The summed E-state index contributed by atoms with van der Waals surface area (Å²) in [6.07, 6.45) is 5.29. The lowest BCUT2D eigenvalue weighted by Gasteiger charge is -2.38. The van der Waals surface area contributed by atoms with Crippen LogP contribution in [0, 0.1) is 5.92 Å². The van der Waals surface area contributed by atoms with Crippen molar-refractivity contribution in [1.82, 2.24) is 0 Å². The van der Waals surface area contributed by atoms with Crippen LogP contribution in [-0.4, -0.2) is 18.5 Å². The highest BCUT2D eigenvalue weighted by molar-refractivity contribution is 5.97. The zero-order chi connectivity index (χ0) is 19.0. The smallest absolute Gasteiger partial charge is 0.340 e. The highest BCUT2D eigenvalue weighted by Crippen LogP contribution is 2.50. The van der Waals surface area contributed by atoms with E-state index in [-0.39, 0.29) is 23.5 Å². The quantitative estimate of drug-likeness (QED) is 0.668. The third-order valence-corrected chi connectivity index (χ3v) is 5.40. The number of aromatic carboxylic acids is 1. The number of ether oxygens (including phenoxy) is 1. The number of carbonyl (C=O) groups excluding carboxylic acids is 2. The molecule has 5 nitrogen and oxygen atoms in total. The molecule has 0 spiro atoms. The maximum absolute atomic E-state index is 12.4. The first-order valence-electron chi connectivity index (χ1n) is 9.14. The van der Waals surface area contributed by atoms with Crippen molar-refractivity contribution in [1.29, 1.82) is 0 Å². The highest BCUT2D eigenvalue weighted by Gasteiger charge is 2.39. The number of anilines is 1. The summed E-state index contributed by atoms with van der Waals surface area (Å²) in [7, 11) is 0. The fourth-order valence-electron chi connectivity index (χ4n) is 4.16. The number of hydrogen-bond donors (Lipinski definition) is 1. The lowest BCUT2D eigenvalue weighted by atomic mass is 9.76. The molecule has 3 atom stereocenters. The summed E-state index contributed by atoms with van der Waals surface area (Å²) < 4.78 is 5.22. The summed E-state index contributed by atoms with van der Waals surface area (Å²) in [4.78, 5) is 23.4. The zero-order valence-electron chi connectivity index (χ0n) is 15.0. The summed E-state index contributed by atoms with van der Waals surface area (Å²) in [5.41, 5.74) is 3.58. The summed E-state index contributed by atoms with van der Waals surface area (Å²) in [6, 6.07) is 12.5. The summed E-state index contributed by atoms with van der Waals surface area (Å²) >= 11 is 0. The third kappa shape index (κ3) is 2.99. The normalized spacial score (nSPS) is 22.5. The van der Waals surface area contributed by atoms with Crippen LogP contribution in [0.25, 0.3) is 0 Å². The van der Waals surface area contributed by atoms with Gasteiger partial charge in [0, 0.05) is 5.92 Å². The van der Waals surface area contributed by atoms with Gasteiger partial charge in [0.1, 0.15) is 0 Å². The van der Waals surface area contributed by atoms with E-state index in [2.05, 4.69) is 17.5 Å². The fourth-order valence-corrected chi connectivity index (χ4v) is 4.16. The molecule has 2 aliphatic rings. The van der Waals surface area contributed by atoms with Crippen molar-refractivity contribution in [2.45, 2.75) is 25.3 Å². The first kappa shape index (κ1) is 17.3. The lowest BCUT2D eigenvalue weighted by Crippen LogP contribution is -2.30. The number of esters is 1. The topological polar surface area (TPSA) is 78.5 Å². The molecule has 5 heteroatoms. The number of benzene rings is 2. The molecule has 0 bridgehead atoms. The molecule has 2 aromatic carbocycles. The van der Waals surface area contributed by atoms with Gasteiger partial charge in [-0.05, 0) is 42.0 Å². The average molecular weight is 362 g/mol. The maximum Gasteiger partial charge on any atom is 0.340 e. The fraction of sp³-hybridized carbons (Fsp3) is 0.273. The van der Waals surface area contributed by atoms with Crippen molar-refractivity contribution >= 4 is 17.6 Å². The van der Waals surface area contributed by atoms with Crippen LogP contribution in [-0.2, 0) is 4.74 Å². The van der Waals surface area contributed by atoms with Crippen molar-refractivity contribution in [3.05, 3.63) is 76.9 Å². The Kier molecular flexibility index (Phi) is 4.44. The summed E-state index contributed by atoms with van der Waals surface area (Å²) in [6.45, 7) is 2.11. The summed E-state index contributed by atoms with van der Waals surface area (Å²) in [5, 5.41) is 14.6. The predicted octanol–water partition coefficient (Wildman–Crippen LogP) is 3.05. The van der Waals surface area contributed by atoms with E-state index in [1.165, 1.54) is 0 Å². The Balaban J connectivity index is 1.75. The Labute approximate surface area is 157 Å². The molecule has 1 N–H and O–H groups in total. The minimum Gasteiger partial charge on any atom is -0.545 e. The largest absolute Gasteiger partial charge is 0.545 e. The van der Waals surface area contributed by atoms with Gasteiger partial charge in [-0.3, -0.25) is 0 Å². The first-order valence-corrected chi connectivity index (χ1v) is 9.14. The minimum absolute atomic E-state index is 0.0242. The van der Waals surface area contributed by atoms with E-state index in [0.717, 1.165) is 23.2 Å². The Morgan fingerprint density at radius 2 is 1.96 bits per heavy atom. The molecule has 138 valence electrons. The van der Waals surface area contributed by atoms with Gasteiger partial charge >= 0.3 is 5.97 Å². The third-order valence-electron chi connectivity index (χ3n) is 5.40. The molecule has 0 aromatic heterocycles. The molecule has 0 saturated carbocycles. The van der Waals surface area contributed by atoms with E-state index in [1.807, 2.05) is 24.3 Å². The molecule has 0 radical (unpaired) electrons. The Bertz CT molecular complexity index is 916. The second-order valence-electron chi connectivity index (χ2n) is 6.88. The van der Waals surface area contributed by atoms with Gasteiger partial charge in [-0.15, -0.1) is 0 Å². The molecule has 0 amide bonds. The number of allylic oxidation sites excluding steroid dienone is 2. The molecule has 0 unspecified atom stereocenters. The van der Waals surface area contributed by atoms with Crippen molar-refractivity contribution < 1.29 is 19.4 Å². The molecule has 1 heterocycles. The number of carbonyl (C=O) groups is 2. The first-order chi connectivity index (χ1) is 13.1. The van der Waals surface area contributed by atoms with E-state index < -0.39 is 5.97 Å². The number of nitrogens with one attached hydrogen (secondary N) is 1. The number of fused-ring (bicyclic) bond motifs is 3. The van der Waals surface area contributed by atoms with E-state index in [4.69, 9.17) is 4.74 Å². The van der Waals surface area contributed by atoms with Crippen molar-refractivity contribution in [3.8, 4) is 0 Å². The number of hydrogen-bond acceptors (Lipinski definition) is 5. The Morgan fingerprint density at radius 1 is 1.19 bits per heavy atom. The molecule has 0 fully saturated rings.